The highest BCUT2D eigenvalue weighted by molar-refractivity contribution is 8.06. The monoisotopic (exact) mass is 525 g/mol. The highest BCUT2D eigenvalue weighted by atomic mass is 32.2. The lowest BCUT2D eigenvalue weighted by Gasteiger charge is -2.38. The van der Waals surface area contributed by atoms with Gasteiger partial charge in [0.15, 0.2) is 0 Å². The van der Waals surface area contributed by atoms with Crippen molar-refractivity contribution in [2.24, 2.45) is 17.1 Å². The standard InChI is InChI=1S/C28H30F2N2S.C2H6.CH5N/c1-5-7-8-20(18-33-19(3)6-2)27(30)25-14-9-22-15-26-21(16-28(22,25)4)17-31-32(26)24-12-10-23(29)11-13-24;2*1-2/h5-7,10-13,15,17-18,25,27H,2-3,8-9,14,16H2,1,4H3;1-2H3;2H2,1H3/b7-5-,20-18+;;. The van der Waals surface area contributed by atoms with Crippen LogP contribution in [0.3, 0.4) is 0 Å². The summed E-state index contributed by atoms with van der Waals surface area (Å²) in [7, 11) is 1.50. The number of benzene rings is 1. The molecule has 3 unspecified atom stereocenters. The van der Waals surface area contributed by atoms with E-state index in [1.807, 2.05) is 49.2 Å². The van der Waals surface area contributed by atoms with Gasteiger partial charge in [0.05, 0.1) is 17.6 Å². The zero-order valence-corrected chi connectivity index (χ0v) is 23.6. The van der Waals surface area contributed by atoms with E-state index in [4.69, 9.17) is 0 Å². The molecule has 3 nitrogen and oxygen atoms in total. The lowest BCUT2D eigenvalue weighted by atomic mass is 9.67. The summed E-state index contributed by atoms with van der Waals surface area (Å²) in [5.41, 5.74) is 9.28. The molecule has 6 heteroatoms. The molecule has 0 radical (unpaired) electrons. The quantitative estimate of drug-likeness (QED) is 0.277. The number of alkyl halides is 1. The van der Waals surface area contributed by atoms with Crippen LogP contribution in [0.1, 0.15) is 58.2 Å². The van der Waals surface area contributed by atoms with Gasteiger partial charge in [-0.2, -0.15) is 5.10 Å². The Morgan fingerprint density at radius 1 is 1.30 bits per heavy atom. The molecule has 0 aliphatic heterocycles. The van der Waals surface area contributed by atoms with E-state index in [0.717, 1.165) is 46.7 Å². The zero-order chi connectivity index (χ0) is 27.6. The van der Waals surface area contributed by atoms with E-state index in [2.05, 4.69) is 37.0 Å². The van der Waals surface area contributed by atoms with Crippen LogP contribution in [0.2, 0.25) is 0 Å². The molecular weight excluding hydrogens is 484 g/mol. The van der Waals surface area contributed by atoms with Crippen molar-refractivity contribution in [2.75, 3.05) is 7.05 Å². The van der Waals surface area contributed by atoms with Gasteiger partial charge in [0.1, 0.15) is 12.0 Å². The lowest BCUT2D eigenvalue weighted by molar-refractivity contribution is 0.159. The van der Waals surface area contributed by atoms with Gasteiger partial charge in [-0.05, 0) is 92.0 Å². The molecule has 3 atom stereocenters. The van der Waals surface area contributed by atoms with Crippen molar-refractivity contribution in [1.29, 1.82) is 0 Å². The fraction of sp³-hybridized carbons (Fsp3) is 0.387. The average molecular weight is 526 g/mol. The zero-order valence-electron chi connectivity index (χ0n) is 22.8. The van der Waals surface area contributed by atoms with E-state index in [1.54, 1.807) is 18.2 Å². The molecular formula is C31H41F2N3S. The molecule has 1 fully saturated rings. The minimum absolute atomic E-state index is 0.0971. The van der Waals surface area contributed by atoms with Crippen LogP contribution in [0.5, 0.6) is 0 Å². The minimum atomic E-state index is -1.03. The fourth-order valence-corrected chi connectivity index (χ4v) is 5.70. The number of fused-ring (bicyclic) bond motifs is 2. The third kappa shape index (κ3) is 6.79. The minimum Gasteiger partial charge on any atom is -0.333 e. The van der Waals surface area contributed by atoms with Gasteiger partial charge in [-0.3, -0.25) is 0 Å². The molecule has 1 heterocycles. The third-order valence-corrected chi connectivity index (χ3v) is 7.88. The molecule has 0 amide bonds. The molecule has 1 saturated carbocycles. The van der Waals surface area contributed by atoms with E-state index >= 15 is 4.39 Å². The van der Waals surface area contributed by atoms with Crippen LogP contribution in [0.25, 0.3) is 11.8 Å². The molecule has 0 saturated heterocycles. The highest BCUT2D eigenvalue weighted by Crippen LogP contribution is 2.56. The molecule has 1 aromatic heterocycles. The van der Waals surface area contributed by atoms with Crippen LogP contribution in [-0.4, -0.2) is 23.0 Å². The van der Waals surface area contributed by atoms with Crippen LogP contribution >= 0.6 is 11.8 Å². The molecule has 1 aromatic carbocycles. The maximum Gasteiger partial charge on any atom is 0.126 e. The smallest absolute Gasteiger partial charge is 0.126 e. The Kier molecular flexibility index (Phi) is 11.8. The molecule has 0 bridgehead atoms. The van der Waals surface area contributed by atoms with Crippen LogP contribution in [0.4, 0.5) is 8.78 Å². The summed E-state index contributed by atoms with van der Waals surface area (Å²) >= 11 is 1.44. The van der Waals surface area contributed by atoms with E-state index in [-0.39, 0.29) is 17.2 Å². The lowest BCUT2D eigenvalue weighted by Crippen LogP contribution is -2.35. The van der Waals surface area contributed by atoms with Gasteiger partial charge < -0.3 is 5.73 Å². The second-order valence-corrected chi connectivity index (χ2v) is 10.0. The molecule has 2 aromatic rings. The fourth-order valence-electron chi connectivity index (χ4n) is 5.07. The average Bonchev–Trinajstić information content (AvgIpc) is 3.48. The predicted molar refractivity (Wildman–Crippen MR) is 157 cm³/mol. The SMILES string of the molecule is C=CC(=C)S/C=C(\C/C=C\C)C(F)C1CCC2=Cc3c(cnn3-c3ccc(F)cc3)CC21C.CC.CN. The normalized spacial score (nSPS) is 21.0. The Labute approximate surface area is 225 Å². The Bertz CT molecular complexity index is 1140. The Morgan fingerprint density at radius 2 is 1.97 bits per heavy atom. The largest absolute Gasteiger partial charge is 0.333 e. The summed E-state index contributed by atoms with van der Waals surface area (Å²) in [4.78, 5) is 0.814. The number of hydrogen-bond donors (Lipinski definition) is 1. The number of hydrogen-bond acceptors (Lipinski definition) is 3. The summed E-state index contributed by atoms with van der Waals surface area (Å²) in [6.45, 7) is 15.8. The number of allylic oxidation sites excluding steroid dienone is 5. The van der Waals surface area contributed by atoms with Crippen molar-refractivity contribution >= 4 is 17.8 Å². The van der Waals surface area contributed by atoms with Gasteiger partial charge in [0.25, 0.3) is 0 Å². The Morgan fingerprint density at radius 3 is 2.59 bits per heavy atom. The van der Waals surface area contributed by atoms with Crippen molar-refractivity contribution in [3.05, 3.63) is 100 Å². The second-order valence-electron chi connectivity index (χ2n) is 9.01. The second kappa shape index (κ2) is 14.3. The van der Waals surface area contributed by atoms with Crippen molar-refractivity contribution in [1.82, 2.24) is 9.78 Å². The van der Waals surface area contributed by atoms with Crippen molar-refractivity contribution in [2.45, 2.75) is 59.5 Å². The first-order valence-electron chi connectivity index (χ1n) is 12.9. The molecule has 2 aliphatic carbocycles. The number of nitrogens with two attached hydrogens (primary N) is 1. The van der Waals surface area contributed by atoms with E-state index in [9.17, 15) is 4.39 Å². The molecule has 2 N–H and O–H groups in total. The van der Waals surface area contributed by atoms with Gasteiger partial charge in [-0.1, -0.05) is 69.5 Å². The first-order valence-corrected chi connectivity index (χ1v) is 13.8. The van der Waals surface area contributed by atoms with Gasteiger partial charge in [-0.15, -0.1) is 0 Å². The molecule has 37 heavy (non-hydrogen) atoms. The highest BCUT2D eigenvalue weighted by Gasteiger charge is 2.49. The number of aromatic nitrogens is 2. The van der Waals surface area contributed by atoms with Crippen LogP contribution < -0.4 is 5.73 Å². The molecule has 4 rings (SSSR count). The first kappa shape index (κ1) is 30.5. The van der Waals surface area contributed by atoms with Crippen molar-refractivity contribution in [3.63, 3.8) is 0 Å². The van der Waals surface area contributed by atoms with Crippen LogP contribution in [-0.2, 0) is 6.42 Å². The van der Waals surface area contributed by atoms with Crippen LogP contribution in [0, 0.1) is 17.2 Å². The summed E-state index contributed by atoms with van der Waals surface area (Å²) < 4.78 is 31.3. The molecule has 2 aliphatic rings. The maximum absolute atomic E-state index is 16.1. The first-order chi connectivity index (χ1) is 17.9. The maximum atomic E-state index is 16.1. The summed E-state index contributed by atoms with van der Waals surface area (Å²) in [5.74, 6) is -0.366. The van der Waals surface area contributed by atoms with Gasteiger partial charge in [0, 0.05) is 10.8 Å². The van der Waals surface area contributed by atoms with E-state index < -0.39 is 6.17 Å². The molecule has 0 spiro atoms. The number of nitrogens with zero attached hydrogens (tertiary/aromatic N) is 2. The van der Waals surface area contributed by atoms with E-state index in [0.29, 0.717) is 6.42 Å². The third-order valence-electron chi connectivity index (χ3n) is 6.99. The van der Waals surface area contributed by atoms with Crippen molar-refractivity contribution < 1.29 is 8.78 Å². The summed E-state index contributed by atoms with van der Waals surface area (Å²) in [6.07, 6.45) is 11.7. The predicted octanol–water partition coefficient (Wildman–Crippen LogP) is 8.59. The number of rotatable bonds is 8. The van der Waals surface area contributed by atoms with Crippen LogP contribution in [0.15, 0.2) is 83.3 Å². The molecule has 200 valence electrons. The van der Waals surface area contributed by atoms with Gasteiger partial charge in [0.2, 0.25) is 0 Å². The Hall–Kier alpha value is -2.70. The van der Waals surface area contributed by atoms with Crippen molar-refractivity contribution in [3.8, 4) is 5.69 Å². The summed E-state index contributed by atoms with van der Waals surface area (Å²) in [5, 5.41) is 6.49. The van der Waals surface area contributed by atoms with E-state index in [1.165, 1.54) is 36.5 Å². The summed E-state index contributed by atoms with van der Waals surface area (Å²) in [6, 6.07) is 6.36. The Balaban J connectivity index is 0.00000115. The number of thioether (sulfide) groups is 1. The topological polar surface area (TPSA) is 43.8 Å². The van der Waals surface area contributed by atoms with Gasteiger partial charge in [-0.25, -0.2) is 13.5 Å². The number of halogens is 2. The van der Waals surface area contributed by atoms with Gasteiger partial charge >= 0.3 is 0 Å².